The third kappa shape index (κ3) is 6.79. The zero-order chi connectivity index (χ0) is 15.9. The van der Waals surface area contributed by atoms with Gasteiger partial charge in [0.25, 0.3) is 0 Å². The van der Waals surface area contributed by atoms with Crippen LogP contribution < -0.4 is 5.73 Å². The Balaban J connectivity index is 2.36. The Labute approximate surface area is 130 Å². The molecule has 0 aromatic carbocycles. The predicted octanol–water partition coefficient (Wildman–Crippen LogP) is 2.81. The molecular weight excluding hydrogens is 264 g/mol. The molecule has 124 valence electrons. The van der Waals surface area contributed by atoms with E-state index < -0.39 is 0 Å². The molecule has 0 aromatic heterocycles. The Bertz CT molecular complexity index is 306. The smallest absolute Gasteiger partial charge is 0.222 e. The van der Waals surface area contributed by atoms with Crippen molar-refractivity contribution in [2.75, 3.05) is 26.7 Å². The van der Waals surface area contributed by atoms with Crippen LogP contribution in [0.3, 0.4) is 0 Å². The maximum atomic E-state index is 12.3. The number of hydrogen-bond donors (Lipinski definition) is 1. The number of nitrogens with two attached hydrogens (primary N) is 1. The molecule has 0 radical (unpaired) electrons. The Hall–Kier alpha value is -0.610. The number of nitrogens with zero attached hydrogens (tertiary/aromatic N) is 1. The number of rotatable bonds is 7. The first-order valence-corrected chi connectivity index (χ1v) is 8.40. The van der Waals surface area contributed by atoms with Crippen molar-refractivity contribution in [3.8, 4) is 0 Å². The van der Waals surface area contributed by atoms with Crippen LogP contribution >= 0.6 is 0 Å². The first-order valence-electron chi connectivity index (χ1n) is 8.40. The molecule has 0 aliphatic carbocycles. The van der Waals surface area contributed by atoms with Gasteiger partial charge in [0.2, 0.25) is 5.91 Å². The lowest BCUT2D eigenvalue weighted by atomic mass is 9.76. The van der Waals surface area contributed by atoms with E-state index in [1.54, 1.807) is 0 Å². The summed E-state index contributed by atoms with van der Waals surface area (Å²) in [5.41, 5.74) is 5.92. The van der Waals surface area contributed by atoms with Gasteiger partial charge in [-0.15, -0.1) is 0 Å². The number of carbonyl (C=O) groups is 1. The number of carbonyl (C=O) groups excluding carboxylic acids is 1. The fourth-order valence-corrected chi connectivity index (χ4v) is 3.06. The molecule has 21 heavy (non-hydrogen) atoms. The molecule has 1 aliphatic heterocycles. The van der Waals surface area contributed by atoms with E-state index in [2.05, 4.69) is 20.8 Å². The molecule has 2 atom stereocenters. The summed E-state index contributed by atoms with van der Waals surface area (Å²) in [4.78, 5) is 14.1. The zero-order valence-corrected chi connectivity index (χ0v) is 14.4. The number of ether oxygens (including phenoxy) is 1. The first kappa shape index (κ1) is 18.4. The van der Waals surface area contributed by atoms with Crippen LogP contribution in [-0.4, -0.2) is 43.7 Å². The van der Waals surface area contributed by atoms with Gasteiger partial charge in [-0.2, -0.15) is 0 Å². The normalized spacial score (nSPS) is 21.1. The Morgan fingerprint density at radius 3 is 2.57 bits per heavy atom. The molecule has 4 heteroatoms. The van der Waals surface area contributed by atoms with Gasteiger partial charge in [-0.3, -0.25) is 4.79 Å². The molecule has 2 unspecified atom stereocenters. The zero-order valence-electron chi connectivity index (χ0n) is 14.4. The van der Waals surface area contributed by atoms with Crippen molar-refractivity contribution in [2.45, 2.75) is 65.4 Å². The molecule has 2 N–H and O–H groups in total. The van der Waals surface area contributed by atoms with Crippen molar-refractivity contribution in [2.24, 2.45) is 17.1 Å². The topological polar surface area (TPSA) is 55.6 Å². The quantitative estimate of drug-likeness (QED) is 0.786. The van der Waals surface area contributed by atoms with Gasteiger partial charge in [0.1, 0.15) is 0 Å². The molecule has 4 nitrogen and oxygen atoms in total. The van der Waals surface area contributed by atoms with Gasteiger partial charge in [0.15, 0.2) is 0 Å². The molecule has 0 saturated carbocycles. The summed E-state index contributed by atoms with van der Waals surface area (Å²) in [5.74, 6) is 0.737. The molecule has 1 amide bonds. The van der Waals surface area contributed by atoms with Crippen molar-refractivity contribution in [1.29, 1.82) is 0 Å². The predicted molar refractivity (Wildman–Crippen MR) is 87.1 cm³/mol. The Kier molecular flexibility index (Phi) is 7.67. The highest BCUT2D eigenvalue weighted by Gasteiger charge is 2.25. The monoisotopic (exact) mass is 298 g/mol. The summed E-state index contributed by atoms with van der Waals surface area (Å²) in [7, 11) is 1.90. The van der Waals surface area contributed by atoms with Crippen molar-refractivity contribution >= 4 is 5.91 Å². The van der Waals surface area contributed by atoms with Gasteiger partial charge >= 0.3 is 0 Å². The van der Waals surface area contributed by atoms with Crippen molar-refractivity contribution in [1.82, 2.24) is 4.90 Å². The van der Waals surface area contributed by atoms with Gasteiger partial charge < -0.3 is 15.4 Å². The van der Waals surface area contributed by atoms with E-state index in [9.17, 15) is 4.79 Å². The van der Waals surface area contributed by atoms with Gasteiger partial charge in [0, 0.05) is 26.6 Å². The lowest BCUT2D eigenvalue weighted by Crippen LogP contribution is -2.37. The summed E-state index contributed by atoms with van der Waals surface area (Å²) < 4.78 is 5.71. The minimum Gasteiger partial charge on any atom is -0.376 e. The molecule has 0 aromatic rings. The van der Waals surface area contributed by atoms with E-state index >= 15 is 0 Å². The van der Waals surface area contributed by atoms with Gasteiger partial charge in [-0.1, -0.05) is 20.8 Å². The van der Waals surface area contributed by atoms with Crippen LogP contribution in [0.2, 0.25) is 0 Å². The highest BCUT2D eigenvalue weighted by molar-refractivity contribution is 5.75. The average Bonchev–Trinajstić information content (AvgIpc) is 2.42. The molecule has 1 rings (SSSR count). The van der Waals surface area contributed by atoms with E-state index in [0.29, 0.717) is 18.9 Å². The van der Waals surface area contributed by atoms with E-state index in [1.165, 1.54) is 6.42 Å². The van der Waals surface area contributed by atoms with Crippen LogP contribution in [0.25, 0.3) is 0 Å². The van der Waals surface area contributed by atoms with Crippen LogP contribution in [0.5, 0.6) is 0 Å². The number of amides is 1. The SMILES string of the molecule is CN(CC1CCCCO1)C(=O)CCC(CCN)C(C)(C)C. The maximum absolute atomic E-state index is 12.3. The van der Waals surface area contributed by atoms with Crippen molar-refractivity contribution < 1.29 is 9.53 Å². The van der Waals surface area contributed by atoms with Gasteiger partial charge in [0.05, 0.1) is 6.10 Å². The van der Waals surface area contributed by atoms with E-state index in [4.69, 9.17) is 10.5 Å². The van der Waals surface area contributed by atoms with E-state index in [-0.39, 0.29) is 17.4 Å². The lowest BCUT2D eigenvalue weighted by molar-refractivity contribution is -0.132. The summed E-state index contributed by atoms with van der Waals surface area (Å²) in [6, 6.07) is 0. The molecular formula is C17H34N2O2. The summed E-state index contributed by atoms with van der Waals surface area (Å²) in [6.45, 7) is 8.97. The number of hydrogen-bond acceptors (Lipinski definition) is 3. The summed E-state index contributed by atoms with van der Waals surface area (Å²) in [6.07, 6.45) is 6.22. The average molecular weight is 298 g/mol. The second-order valence-electron chi connectivity index (χ2n) is 7.44. The molecule has 1 heterocycles. The lowest BCUT2D eigenvalue weighted by Gasteiger charge is -2.31. The van der Waals surface area contributed by atoms with E-state index in [0.717, 1.165) is 38.8 Å². The van der Waals surface area contributed by atoms with Crippen LogP contribution in [0, 0.1) is 11.3 Å². The largest absolute Gasteiger partial charge is 0.376 e. The highest BCUT2D eigenvalue weighted by atomic mass is 16.5. The third-order valence-corrected chi connectivity index (χ3v) is 4.62. The summed E-state index contributed by atoms with van der Waals surface area (Å²) in [5, 5.41) is 0. The molecule has 1 aliphatic rings. The molecule has 1 saturated heterocycles. The second kappa shape index (κ2) is 8.74. The fourth-order valence-electron chi connectivity index (χ4n) is 3.06. The summed E-state index contributed by atoms with van der Waals surface area (Å²) >= 11 is 0. The minimum atomic E-state index is 0.213. The van der Waals surface area contributed by atoms with E-state index in [1.807, 2.05) is 11.9 Å². The van der Waals surface area contributed by atoms with Crippen LogP contribution in [0.15, 0.2) is 0 Å². The van der Waals surface area contributed by atoms with Crippen molar-refractivity contribution in [3.63, 3.8) is 0 Å². The van der Waals surface area contributed by atoms with Crippen LogP contribution in [-0.2, 0) is 9.53 Å². The third-order valence-electron chi connectivity index (χ3n) is 4.62. The van der Waals surface area contributed by atoms with Gasteiger partial charge in [-0.05, 0) is 50.0 Å². The van der Waals surface area contributed by atoms with Crippen LogP contribution in [0.4, 0.5) is 0 Å². The highest BCUT2D eigenvalue weighted by Crippen LogP contribution is 2.32. The Morgan fingerprint density at radius 1 is 1.33 bits per heavy atom. The first-order chi connectivity index (χ1) is 9.84. The fraction of sp³-hybridized carbons (Fsp3) is 0.941. The Morgan fingerprint density at radius 2 is 2.05 bits per heavy atom. The number of likely N-dealkylation sites (N-methyl/N-ethyl adjacent to an activating group) is 1. The van der Waals surface area contributed by atoms with Gasteiger partial charge in [-0.25, -0.2) is 0 Å². The standard InChI is InChI=1S/C17H34N2O2/c1-17(2,3)14(10-11-18)8-9-16(20)19(4)13-15-7-5-6-12-21-15/h14-15H,5-13,18H2,1-4H3. The second-order valence-corrected chi connectivity index (χ2v) is 7.44. The van der Waals surface area contributed by atoms with Crippen molar-refractivity contribution in [3.05, 3.63) is 0 Å². The molecule has 0 bridgehead atoms. The maximum Gasteiger partial charge on any atom is 0.222 e. The van der Waals surface area contributed by atoms with Crippen LogP contribution in [0.1, 0.15) is 59.3 Å². The molecule has 0 spiro atoms. The molecule has 1 fully saturated rings. The minimum absolute atomic E-state index is 0.213.